The molecule has 1 aliphatic rings. The van der Waals surface area contributed by atoms with Gasteiger partial charge in [0.25, 0.3) is 0 Å². The Hall–Kier alpha value is -1.82. The highest BCUT2D eigenvalue weighted by Crippen LogP contribution is 2.28. The minimum atomic E-state index is -3.96. The molecule has 1 N–H and O–H groups in total. The van der Waals surface area contributed by atoms with E-state index in [4.69, 9.17) is 0 Å². The topological polar surface area (TPSA) is 114 Å². The molecule has 1 aromatic heterocycles. The van der Waals surface area contributed by atoms with Crippen LogP contribution in [0.3, 0.4) is 0 Å². The second-order valence-electron chi connectivity index (χ2n) is 6.22. The van der Waals surface area contributed by atoms with Crippen LogP contribution in [0.1, 0.15) is 12.8 Å². The molecule has 146 valence electrons. The first kappa shape index (κ1) is 19.9. The predicted octanol–water partition coefficient (Wildman–Crippen LogP) is 1.59. The molecule has 8 nitrogen and oxygen atoms in total. The van der Waals surface area contributed by atoms with Crippen LogP contribution in [0.15, 0.2) is 45.6 Å². The van der Waals surface area contributed by atoms with Crippen LogP contribution < -0.4 is 5.32 Å². The average molecular weight is 430 g/mol. The fourth-order valence-corrected chi connectivity index (χ4v) is 6.56. The van der Waals surface area contributed by atoms with E-state index in [9.17, 15) is 21.6 Å². The number of hydrogen-bond donors (Lipinski definition) is 1. The van der Waals surface area contributed by atoms with Crippen molar-refractivity contribution < 1.29 is 21.6 Å². The third-order valence-electron chi connectivity index (χ3n) is 4.35. The molecule has 0 atom stereocenters. The number of rotatable bonds is 5. The van der Waals surface area contributed by atoms with E-state index < -0.39 is 19.9 Å². The van der Waals surface area contributed by atoms with Crippen molar-refractivity contribution in [2.45, 2.75) is 22.6 Å². The molecule has 0 aliphatic carbocycles. The van der Waals surface area contributed by atoms with Crippen molar-refractivity contribution in [2.24, 2.45) is 5.92 Å². The SMILES string of the molecule is CS(=O)(=O)c1ccccc1S(=O)(=O)N1CCC(C(=O)Nc2nccs2)CC1. The highest BCUT2D eigenvalue weighted by Gasteiger charge is 2.34. The zero-order valence-electron chi connectivity index (χ0n) is 14.5. The molecule has 0 bridgehead atoms. The normalized spacial score (nSPS) is 16.9. The van der Waals surface area contributed by atoms with Gasteiger partial charge in [-0.15, -0.1) is 11.3 Å². The van der Waals surface area contributed by atoms with Crippen LogP contribution in [-0.2, 0) is 24.7 Å². The van der Waals surface area contributed by atoms with Gasteiger partial charge in [0.15, 0.2) is 15.0 Å². The van der Waals surface area contributed by atoms with Gasteiger partial charge in [0.1, 0.15) is 4.90 Å². The number of sulfone groups is 1. The van der Waals surface area contributed by atoms with Crippen molar-refractivity contribution >= 4 is 42.2 Å². The van der Waals surface area contributed by atoms with Gasteiger partial charge in [0, 0.05) is 36.8 Å². The minimum Gasteiger partial charge on any atom is -0.302 e. The molecule has 0 spiro atoms. The van der Waals surface area contributed by atoms with Crippen LogP contribution in [0.2, 0.25) is 0 Å². The van der Waals surface area contributed by atoms with Gasteiger partial charge in [0.2, 0.25) is 15.9 Å². The van der Waals surface area contributed by atoms with E-state index in [0.717, 1.165) is 6.26 Å². The zero-order valence-corrected chi connectivity index (χ0v) is 17.0. The fraction of sp³-hybridized carbons (Fsp3) is 0.375. The lowest BCUT2D eigenvalue weighted by Gasteiger charge is -2.30. The molecule has 1 amide bonds. The second kappa shape index (κ2) is 7.66. The molecule has 2 heterocycles. The number of sulfonamides is 1. The largest absolute Gasteiger partial charge is 0.302 e. The number of carbonyl (C=O) groups is 1. The van der Waals surface area contributed by atoms with Crippen molar-refractivity contribution in [3.05, 3.63) is 35.8 Å². The third kappa shape index (κ3) is 4.37. The van der Waals surface area contributed by atoms with E-state index in [1.165, 1.54) is 39.9 Å². The van der Waals surface area contributed by atoms with E-state index in [1.54, 1.807) is 11.6 Å². The molecule has 2 aromatic rings. The van der Waals surface area contributed by atoms with Crippen LogP contribution in [0.4, 0.5) is 5.13 Å². The number of thiazole rings is 1. The van der Waals surface area contributed by atoms with Crippen LogP contribution in [-0.4, -0.2) is 51.4 Å². The number of anilines is 1. The smallest absolute Gasteiger partial charge is 0.244 e. The minimum absolute atomic E-state index is 0.149. The standard InChI is InChI=1S/C16H19N3O5S3/c1-26(21,22)13-4-2-3-5-14(13)27(23,24)19-9-6-12(7-10-19)15(20)18-16-17-8-11-25-16/h2-5,8,11-12H,6-7,9-10H2,1H3,(H,17,18,20). The van der Waals surface area contributed by atoms with Crippen LogP contribution in [0.25, 0.3) is 0 Å². The summed E-state index contributed by atoms with van der Waals surface area (Å²) in [6.45, 7) is 0.298. The summed E-state index contributed by atoms with van der Waals surface area (Å²) in [4.78, 5) is 15.8. The van der Waals surface area contributed by atoms with E-state index in [2.05, 4.69) is 10.3 Å². The monoisotopic (exact) mass is 429 g/mol. The van der Waals surface area contributed by atoms with Crippen LogP contribution >= 0.6 is 11.3 Å². The summed E-state index contributed by atoms with van der Waals surface area (Å²) < 4.78 is 51.0. The van der Waals surface area contributed by atoms with Gasteiger partial charge in [-0.05, 0) is 25.0 Å². The number of amides is 1. The number of benzene rings is 1. The maximum Gasteiger partial charge on any atom is 0.244 e. The fourth-order valence-electron chi connectivity index (χ4n) is 2.96. The first-order chi connectivity index (χ1) is 12.7. The Labute approximate surface area is 162 Å². The van der Waals surface area contributed by atoms with Crippen molar-refractivity contribution in [1.29, 1.82) is 0 Å². The first-order valence-electron chi connectivity index (χ1n) is 8.19. The molecular formula is C16H19N3O5S3. The lowest BCUT2D eigenvalue weighted by Crippen LogP contribution is -2.41. The third-order valence-corrected chi connectivity index (χ3v) is 8.28. The molecule has 11 heteroatoms. The number of nitrogens with one attached hydrogen (secondary N) is 1. The first-order valence-corrected chi connectivity index (χ1v) is 12.4. The van der Waals surface area contributed by atoms with Gasteiger partial charge in [-0.25, -0.2) is 21.8 Å². The van der Waals surface area contributed by atoms with Crippen molar-refractivity contribution in [3.8, 4) is 0 Å². The van der Waals surface area contributed by atoms with Crippen molar-refractivity contribution in [1.82, 2.24) is 9.29 Å². The highest BCUT2D eigenvalue weighted by atomic mass is 32.2. The van der Waals surface area contributed by atoms with Gasteiger partial charge in [-0.3, -0.25) is 4.79 Å². The molecule has 3 rings (SSSR count). The number of hydrogen-bond acceptors (Lipinski definition) is 7. The Morgan fingerprint density at radius 1 is 1.15 bits per heavy atom. The molecular weight excluding hydrogens is 410 g/mol. The summed E-state index contributed by atoms with van der Waals surface area (Å²) in [5.74, 6) is -0.496. The average Bonchev–Trinajstić information content (AvgIpc) is 3.14. The molecule has 0 radical (unpaired) electrons. The molecule has 0 saturated carbocycles. The molecule has 1 aromatic carbocycles. The maximum absolute atomic E-state index is 12.9. The molecule has 0 unspecified atom stereocenters. The van der Waals surface area contributed by atoms with E-state index >= 15 is 0 Å². The molecule has 1 saturated heterocycles. The number of carbonyl (C=O) groups excluding carboxylic acids is 1. The summed E-state index contributed by atoms with van der Waals surface area (Å²) in [6.07, 6.45) is 3.29. The van der Waals surface area contributed by atoms with Crippen molar-refractivity contribution in [3.63, 3.8) is 0 Å². The predicted molar refractivity (Wildman–Crippen MR) is 102 cm³/mol. The van der Waals surface area contributed by atoms with E-state index in [0.29, 0.717) is 18.0 Å². The van der Waals surface area contributed by atoms with Gasteiger partial charge in [-0.1, -0.05) is 12.1 Å². The Bertz CT molecular complexity index is 1030. The van der Waals surface area contributed by atoms with Gasteiger partial charge >= 0.3 is 0 Å². The zero-order chi connectivity index (χ0) is 19.7. The number of nitrogens with zero attached hydrogens (tertiary/aromatic N) is 2. The van der Waals surface area contributed by atoms with Gasteiger partial charge in [-0.2, -0.15) is 4.31 Å². The highest BCUT2D eigenvalue weighted by molar-refractivity contribution is 7.93. The Morgan fingerprint density at radius 3 is 2.33 bits per heavy atom. The Morgan fingerprint density at radius 2 is 1.78 bits per heavy atom. The summed E-state index contributed by atoms with van der Waals surface area (Å²) >= 11 is 1.31. The summed E-state index contributed by atoms with van der Waals surface area (Å²) in [5, 5.41) is 4.99. The molecule has 27 heavy (non-hydrogen) atoms. The molecule has 1 fully saturated rings. The lowest BCUT2D eigenvalue weighted by atomic mass is 9.97. The second-order valence-corrected chi connectivity index (χ2v) is 11.0. The summed E-state index contributed by atoms with van der Waals surface area (Å²) in [6, 6.07) is 5.57. The molecule has 1 aliphatic heterocycles. The summed E-state index contributed by atoms with van der Waals surface area (Å²) in [7, 11) is -7.65. The van der Waals surface area contributed by atoms with Crippen LogP contribution in [0, 0.1) is 5.92 Å². The quantitative estimate of drug-likeness (QED) is 0.772. The van der Waals surface area contributed by atoms with Crippen LogP contribution in [0.5, 0.6) is 0 Å². The lowest BCUT2D eigenvalue weighted by molar-refractivity contribution is -0.120. The Kier molecular flexibility index (Phi) is 5.65. The Balaban J connectivity index is 1.73. The van der Waals surface area contributed by atoms with Gasteiger partial charge < -0.3 is 5.32 Å². The summed E-state index contributed by atoms with van der Waals surface area (Å²) in [5.41, 5.74) is 0. The number of piperidine rings is 1. The maximum atomic E-state index is 12.9. The number of aromatic nitrogens is 1. The van der Waals surface area contributed by atoms with E-state index in [-0.39, 0.29) is 34.7 Å². The van der Waals surface area contributed by atoms with E-state index in [1.807, 2.05) is 0 Å². The van der Waals surface area contributed by atoms with Crippen molar-refractivity contribution in [2.75, 3.05) is 24.7 Å². The van der Waals surface area contributed by atoms with Gasteiger partial charge in [0.05, 0.1) is 4.90 Å².